The third-order valence-corrected chi connectivity index (χ3v) is 3.46. The first-order valence-corrected chi connectivity index (χ1v) is 6.44. The SMILES string of the molecule is COc1ccc(C(=O)NC2CCCCC2O)cc1F. The number of hydrogen-bond acceptors (Lipinski definition) is 3. The van der Waals surface area contributed by atoms with Crippen molar-refractivity contribution in [2.45, 2.75) is 37.8 Å². The molecule has 0 spiro atoms. The molecular formula is C14H18FNO3. The second kappa shape index (κ2) is 6.02. The molecule has 1 amide bonds. The third kappa shape index (κ3) is 3.23. The van der Waals surface area contributed by atoms with Crippen LogP contribution < -0.4 is 10.1 Å². The van der Waals surface area contributed by atoms with E-state index in [1.54, 1.807) is 0 Å². The van der Waals surface area contributed by atoms with Gasteiger partial charge in [0.1, 0.15) is 0 Å². The van der Waals surface area contributed by atoms with Crippen LogP contribution in [-0.2, 0) is 0 Å². The highest BCUT2D eigenvalue weighted by Crippen LogP contribution is 2.20. The van der Waals surface area contributed by atoms with E-state index in [1.165, 1.54) is 19.2 Å². The maximum Gasteiger partial charge on any atom is 0.251 e. The summed E-state index contributed by atoms with van der Waals surface area (Å²) in [4.78, 5) is 12.0. The summed E-state index contributed by atoms with van der Waals surface area (Å²) < 4.78 is 18.3. The zero-order chi connectivity index (χ0) is 13.8. The van der Waals surface area contributed by atoms with Gasteiger partial charge in [0.05, 0.1) is 19.3 Å². The van der Waals surface area contributed by atoms with E-state index in [9.17, 15) is 14.3 Å². The molecule has 0 saturated heterocycles. The zero-order valence-electron chi connectivity index (χ0n) is 10.9. The highest BCUT2D eigenvalue weighted by molar-refractivity contribution is 5.94. The highest BCUT2D eigenvalue weighted by Gasteiger charge is 2.25. The lowest BCUT2D eigenvalue weighted by Crippen LogP contribution is -2.45. The number of aliphatic hydroxyl groups excluding tert-OH is 1. The number of carbonyl (C=O) groups is 1. The van der Waals surface area contributed by atoms with Gasteiger partial charge in [-0.15, -0.1) is 0 Å². The summed E-state index contributed by atoms with van der Waals surface area (Å²) in [6.07, 6.45) is 2.90. The molecule has 19 heavy (non-hydrogen) atoms. The Morgan fingerprint density at radius 2 is 2.16 bits per heavy atom. The van der Waals surface area contributed by atoms with Gasteiger partial charge in [0, 0.05) is 5.56 Å². The normalized spacial score (nSPS) is 22.9. The van der Waals surface area contributed by atoms with Gasteiger partial charge in [-0.3, -0.25) is 4.79 Å². The topological polar surface area (TPSA) is 58.6 Å². The van der Waals surface area contributed by atoms with Gasteiger partial charge in [0.15, 0.2) is 11.6 Å². The van der Waals surface area contributed by atoms with Crippen molar-refractivity contribution in [1.29, 1.82) is 0 Å². The van der Waals surface area contributed by atoms with Crippen molar-refractivity contribution < 1.29 is 19.0 Å². The Labute approximate surface area is 111 Å². The quantitative estimate of drug-likeness (QED) is 0.879. The lowest BCUT2D eigenvalue weighted by Gasteiger charge is -2.28. The van der Waals surface area contributed by atoms with Gasteiger partial charge in [-0.2, -0.15) is 0 Å². The van der Waals surface area contributed by atoms with E-state index >= 15 is 0 Å². The van der Waals surface area contributed by atoms with Crippen molar-refractivity contribution in [3.8, 4) is 5.75 Å². The molecule has 0 radical (unpaired) electrons. The lowest BCUT2D eigenvalue weighted by molar-refractivity contribution is 0.0717. The van der Waals surface area contributed by atoms with Crippen LogP contribution in [0.1, 0.15) is 36.0 Å². The van der Waals surface area contributed by atoms with Crippen LogP contribution in [-0.4, -0.2) is 30.3 Å². The molecule has 2 N–H and O–H groups in total. The molecule has 2 unspecified atom stereocenters. The van der Waals surface area contributed by atoms with Crippen LogP contribution in [0.15, 0.2) is 18.2 Å². The van der Waals surface area contributed by atoms with E-state index in [2.05, 4.69) is 5.32 Å². The van der Waals surface area contributed by atoms with Gasteiger partial charge in [-0.1, -0.05) is 12.8 Å². The van der Waals surface area contributed by atoms with E-state index in [4.69, 9.17) is 4.74 Å². The van der Waals surface area contributed by atoms with Crippen LogP contribution in [0.2, 0.25) is 0 Å². The smallest absolute Gasteiger partial charge is 0.251 e. The average Bonchev–Trinajstić information content (AvgIpc) is 2.41. The second-order valence-electron chi connectivity index (χ2n) is 4.78. The van der Waals surface area contributed by atoms with E-state index in [0.29, 0.717) is 6.42 Å². The maximum absolute atomic E-state index is 13.5. The molecule has 4 nitrogen and oxygen atoms in total. The number of ether oxygens (including phenoxy) is 1. The van der Waals surface area contributed by atoms with Crippen LogP contribution in [0.4, 0.5) is 4.39 Å². The van der Waals surface area contributed by atoms with Crippen molar-refractivity contribution in [3.63, 3.8) is 0 Å². The van der Waals surface area contributed by atoms with E-state index in [0.717, 1.165) is 25.3 Å². The highest BCUT2D eigenvalue weighted by atomic mass is 19.1. The predicted molar refractivity (Wildman–Crippen MR) is 68.7 cm³/mol. The molecule has 1 aromatic carbocycles. The minimum atomic E-state index is -0.570. The van der Waals surface area contributed by atoms with Gasteiger partial charge < -0.3 is 15.2 Å². The van der Waals surface area contributed by atoms with Crippen LogP contribution in [0.25, 0.3) is 0 Å². The molecule has 0 aromatic heterocycles. The summed E-state index contributed by atoms with van der Waals surface area (Å²) in [5.41, 5.74) is 0.232. The Morgan fingerprint density at radius 1 is 1.42 bits per heavy atom. The number of aliphatic hydroxyl groups is 1. The Kier molecular flexibility index (Phi) is 4.37. The number of amides is 1. The zero-order valence-corrected chi connectivity index (χ0v) is 10.9. The molecule has 5 heteroatoms. The fourth-order valence-electron chi connectivity index (χ4n) is 2.34. The van der Waals surface area contributed by atoms with Crippen molar-refractivity contribution in [1.82, 2.24) is 5.32 Å². The molecule has 2 rings (SSSR count). The summed E-state index contributed by atoms with van der Waals surface area (Å²) in [5, 5.41) is 12.5. The summed E-state index contributed by atoms with van der Waals surface area (Å²) >= 11 is 0. The number of carbonyl (C=O) groups excluding carboxylic acids is 1. The molecular weight excluding hydrogens is 249 g/mol. The van der Waals surface area contributed by atoms with Crippen LogP contribution in [0, 0.1) is 5.82 Å². The van der Waals surface area contributed by atoms with Crippen LogP contribution >= 0.6 is 0 Å². The first kappa shape index (κ1) is 13.8. The molecule has 0 aliphatic heterocycles. The Balaban J connectivity index is 2.05. The largest absolute Gasteiger partial charge is 0.494 e. The molecule has 0 bridgehead atoms. The minimum absolute atomic E-state index is 0.106. The molecule has 104 valence electrons. The van der Waals surface area contributed by atoms with E-state index < -0.39 is 11.9 Å². The molecule has 1 aliphatic carbocycles. The van der Waals surface area contributed by atoms with Crippen LogP contribution in [0.5, 0.6) is 5.75 Å². The third-order valence-electron chi connectivity index (χ3n) is 3.46. The van der Waals surface area contributed by atoms with Crippen molar-refractivity contribution in [2.75, 3.05) is 7.11 Å². The molecule has 1 aromatic rings. The Bertz CT molecular complexity index is 464. The standard InChI is InChI=1S/C14H18FNO3/c1-19-13-7-6-9(8-10(13)15)14(18)16-11-4-2-3-5-12(11)17/h6-8,11-12,17H,2-5H2,1H3,(H,16,18). The molecule has 2 atom stereocenters. The number of benzene rings is 1. The number of methoxy groups -OCH3 is 1. The fourth-order valence-corrected chi connectivity index (χ4v) is 2.34. The summed E-state index contributed by atoms with van der Waals surface area (Å²) in [6.45, 7) is 0. The van der Waals surface area contributed by atoms with Crippen LogP contribution in [0.3, 0.4) is 0 Å². The van der Waals surface area contributed by atoms with Crippen molar-refractivity contribution in [3.05, 3.63) is 29.6 Å². The number of halogens is 1. The first-order valence-electron chi connectivity index (χ1n) is 6.44. The predicted octanol–water partition coefficient (Wildman–Crippen LogP) is 1.87. The Morgan fingerprint density at radius 3 is 2.79 bits per heavy atom. The number of nitrogens with one attached hydrogen (secondary N) is 1. The lowest BCUT2D eigenvalue weighted by atomic mass is 9.92. The minimum Gasteiger partial charge on any atom is -0.494 e. The summed E-state index contributed by atoms with van der Waals surface area (Å²) in [7, 11) is 1.37. The number of hydrogen-bond donors (Lipinski definition) is 2. The summed E-state index contributed by atoms with van der Waals surface area (Å²) in [6, 6.07) is 3.82. The van der Waals surface area contributed by atoms with Crippen molar-refractivity contribution in [2.24, 2.45) is 0 Å². The van der Waals surface area contributed by atoms with Gasteiger partial charge in [0.2, 0.25) is 0 Å². The average molecular weight is 267 g/mol. The molecule has 1 fully saturated rings. The monoisotopic (exact) mass is 267 g/mol. The maximum atomic E-state index is 13.5. The van der Waals surface area contributed by atoms with Gasteiger partial charge in [-0.05, 0) is 31.0 Å². The second-order valence-corrected chi connectivity index (χ2v) is 4.78. The number of rotatable bonds is 3. The Hall–Kier alpha value is -1.62. The molecule has 1 saturated carbocycles. The molecule has 0 heterocycles. The fraction of sp³-hybridized carbons (Fsp3) is 0.500. The van der Waals surface area contributed by atoms with Gasteiger partial charge in [0.25, 0.3) is 5.91 Å². The van der Waals surface area contributed by atoms with E-state index in [-0.39, 0.29) is 23.3 Å². The van der Waals surface area contributed by atoms with Crippen molar-refractivity contribution >= 4 is 5.91 Å². The molecule has 1 aliphatic rings. The van der Waals surface area contributed by atoms with Gasteiger partial charge >= 0.3 is 0 Å². The van der Waals surface area contributed by atoms with Gasteiger partial charge in [-0.25, -0.2) is 4.39 Å². The summed E-state index contributed by atoms with van der Waals surface area (Å²) in [5.74, 6) is -0.832. The first-order chi connectivity index (χ1) is 9.11. The van der Waals surface area contributed by atoms with E-state index in [1.807, 2.05) is 0 Å².